The minimum Gasteiger partial charge on any atom is -0.507 e. The molecule has 4 aromatic carbocycles. The van der Waals surface area contributed by atoms with Gasteiger partial charge in [-0.25, -0.2) is 0 Å². The van der Waals surface area contributed by atoms with E-state index >= 15 is 0 Å². The molecule has 0 unspecified atom stereocenters. The summed E-state index contributed by atoms with van der Waals surface area (Å²) >= 11 is 0. The fraction of sp³-hybridized carbons (Fsp3) is 0.243. The Morgan fingerprint density at radius 2 is 1.57 bits per heavy atom. The van der Waals surface area contributed by atoms with Gasteiger partial charge in [0, 0.05) is 48.7 Å². The number of carbonyl (C=O) groups is 1. The Bertz CT molecular complexity index is 1620. The van der Waals surface area contributed by atoms with Gasteiger partial charge in [-0.15, -0.1) is 0 Å². The lowest BCUT2D eigenvalue weighted by Crippen LogP contribution is -2.41. The predicted octanol–water partition coefficient (Wildman–Crippen LogP) is 6.52. The van der Waals surface area contributed by atoms with Crippen molar-refractivity contribution in [1.82, 2.24) is 15.2 Å². The molecule has 224 valence electrons. The molecule has 1 amide bonds. The van der Waals surface area contributed by atoms with Gasteiger partial charge >= 0.3 is 0 Å². The average molecular weight is 588 g/mol. The first kappa shape index (κ1) is 29.4. The van der Waals surface area contributed by atoms with Crippen molar-refractivity contribution in [2.24, 2.45) is 0 Å². The molecule has 0 saturated carbocycles. The summed E-state index contributed by atoms with van der Waals surface area (Å²) in [5.74, 6) is 0.561. The Kier molecular flexibility index (Phi) is 9.45. The second kappa shape index (κ2) is 14.2. The van der Waals surface area contributed by atoms with Crippen LogP contribution in [0.5, 0.6) is 11.5 Å². The van der Waals surface area contributed by atoms with Crippen LogP contribution < -0.4 is 10.1 Å². The molecule has 44 heavy (non-hydrogen) atoms. The van der Waals surface area contributed by atoms with Crippen molar-refractivity contribution in [3.63, 3.8) is 0 Å². The number of carbonyl (C=O) groups excluding carboxylic acids is 1. The molecule has 5 aromatic rings. The molecule has 2 heterocycles. The van der Waals surface area contributed by atoms with E-state index in [0.717, 1.165) is 43.6 Å². The molecule has 0 spiro atoms. The number of pyridine rings is 1. The maximum absolute atomic E-state index is 13.0. The number of piperidine rings is 1. The highest BCUT2D eigenvalue weighted by Gasteiger charge is 2.24. The lowest BCUT2D eigenvalue weighted by atomic mass is 10.00. The Hall–Kier alpha value is -4.72. The minimum absolute atomic E-state index is 0.0851. The van der Waals surface area contributed by atoms with Crippen LogP contribution in [0.2, 0.25) is 0 Å². The Morgan fingerprint density at radius 1 is 0.864 bits per heavy atom. The summed E-state index contributed by atoms with van der Waals surface area (Å²) < 4.78 is 12.7. The van der Waals surface area contributed by atoms with E-state index in [-0.39, 0.29) is 23.9 Å². The first-order valence-electron chi connectivity index (χ1n) is 15.2. The number of rotatable bonds is 11. The van der Waals surface area contributed by atoms with E-state index in [0.29, 0.717) is 29.9 Å². The van der Waals surface area contributed by atoms with Crippen LogP contribution in [0.25, 0.3) is 10.8 Å². The van der Waals surface area contributed by atoms with Crippen molar-refractivity contribution >= 4 is 16.7 Å². The number of hydrogen-bond acceptors (Lipinski definition) is 6. The number of phenols is 1. The molecule has 1 fully saturated rings. The summed E-state index contributed by atoms with van der Waals surface area (Å²) in [6.45, 7) is 3.46. The smallest absolute Gasteiger partial charge is 0.251 e. The predicted molar refractivity (Wildman–Crippen MR) is 172 cm³/mol. The summed E-state index contributed by atoms with van der Waals surface area (Å²) in [5.41, 5.74) is 3.64. The van der Waals surface area contributed by atoms with E-state index < -0.39 is 0 Å². The number of nitrogens with one attached hydrogen (secondary N) is 1. The SMILES string of the molecule is O=C(NCCN1CCC(OC(c2ccccc2)c2ccccc2)CC1)c1ccc2c(OCc3ccccn3)ccc(O)c2c1. The quantitative estimate of drug-likeness (QED) is 0.183. The molecule has 0 aliphatic carbocycles. The third-order valence-corrected chi connectivity index (χ3v) is 8.10. The van der Waals surface area contributed by atoms with Crippen LogP contribution >= 0.6 is 0 Å². The van der Waals surface area contributed by atoms with Gasteiger partial charge in [-0.05, 0) is 66.4 Å². The van der Waals surface area contributed by atoms with E-state index in [2.05, 4.69) is 63.7 Å². The van der Waals surface area contributed by atoms with Gasteiger partial charge in [0.1, 0.15) is 24.2 Å². The van der Waals surface area contributed by atoms with Gasteiger partial charge in [-0.2, -0.15) is 0 Å². The van der Waals surface area contributed by atoms with Gasteiger partial charge in [0.05, 0.1) is 11.8 Å². The number of fused-ring (bicyclic) bond motifs is 1. The number of hydrogen-bond donors (Lipinski definition) is 2. The zero-order valence-corrected chi connectivity index (χ0v) is 24.6. The highest BCUT2D eigenvalue weighted by Crippen LogP contribution is 2.34. The molecule has 6 rings (SSSR count). The first-order chi connectivity index (χ1) is 21.6. The van der Waals surface area contributed by atoms with Gasteiger partial charge in [-0.1, -0.05) is 66.7 Å². The summed E-state index contributed by atoms with van der Waals surface area (Å²) in [5, 5.41) is 14.9. The fourth-order valence-electron chi connectivity index (χ4n) is 5.70. The Morgan fingerprint density at radius 3 is 2.25 bits per heavy atom. The number of benzene rings is 4. The number of phenolic OH excluding ortho intramolecular Hbond substituents is 1. The number of likely N-dealkylation sites (tertiary alicyclic amines) is 1. The van der Waals surface area contributed by atoms with Gasteiger partial charge in [0.15, 0.2) is 0 Å². The maximum Gasteiger partial charge on any atom is 0.251 e. The summed E-state index contributed by atoms with van der Waals surface area (Å²) in [7, 11) is 0. The van der Waals surface area contributed by atoms with E-state index in [1.165, 1.54) is 11.1 Å². The molecular formula is C37H37N3O4. The molecule has 1 saturated heterocycles. The first-order valence-corrected chi connectivity index (χ1v) is 15.2. The molecule has 1 aliphatic rings. The number of aromatic hydroxyl groups is 1. The van der Waals surface area contributed by atoms with E-state index in [4.69, 9.17) is 9.47 Å². The molecule has 2 N–H and O–H groups in total. The van der Waals surface area contributed by atoms with Crippen LogP contribution in [0.3, 0.4) is 0 Å². The number of aromatic nitrogens is 1. The largest absolute Gasteiger partial charge is 0.507 e. The molecule has 0 bridgehead atoms. The van der Waals surface area contributed by atoms with Gasteiger partial charge < -0.3 is 24.8 Å². The van der Waals surface area contributed by atoms with Crippen molar-refractivity contribution < 1.29 is 19.4 Å². The van der Waals surface area contributed by atoms with Crippen molar-refractivity contribution in [3.8, 4) is 11.5 Å². The van der Waals surface area contributed by atoms with Crippen LogP contribution in [0.4, 0.5) is 0 Å². The summed E-state index contributed by atoms with van der Waals surface area (Å²) in [4.78, 5) is 19.7. The molecule has 7 heteroatoms. The summed E-state index contributed by atoms with van der Waals surface area (Å²) in [6, 6.07) is 35.1. The number of nitrogens with zero attached hydrogens (tertiary/aromatic N) is 2. The van der Waals surface area contributed by atoms with E-state index in [1.54, 1.807) is 30.5 Å². The third kappa shape index (κ3) is 7.25. The number of amides is 1. The molecule has 1 aromatic heterocycles. The lowest BCUT2D eigenvalue weighted by Gasteiger charge is -2.34. The molecule has 7 nitrogen and oxygen atoms in total. The van der Waals surface area contributed by atoms with E-state index in [1.807, 2.05) is 36.4 Å². The standard InChI is InChI=1S/C37H37N3O4/c41-34-16-17-35(43-26-30-13-7-8-20-38-30)32-15-14-29(25-33(32)34)37(42)39-21-24-40-22-18-31(19-23-40)44-36(27-9-3-1-4-10-27)28-11-5-2-6-12-28/h1-17,20,25,31,36,41H,18-19,21-24,26H2,(H,39,42). The van der Waals surface area contributed by atoms with Crippen LogP contribution in [0.15, 0.2) is 115 Å². The average Bonchev–Trinajstić information content (AvgIpc) is 3.08. The van der Waals surface area contributed by atoms with Gasteiger partial charge in [0.2, 0.25) is 0 Å². The second-order valence-corrected chi connectivity index (χ2v) is 11.1. The highest BCUT2D eigenvalue weighted by atomic mass is 16.5. The highest BCUT2D eigenvalue weighted by molar-refractivity contribution is 6.01. The second-order valence-electron chi connectivity index (χ2n) is 11.1. The molecule has 0 atom stereocenters. The van der Waals surface area contributed by atoms with Gasteiger partial charge in [-0.3, -0.25) is 9.78 Å². The molecule has 1 aliphatic heterocycles. The van der Waals surface area contributed by atoms with Crippen LogP contribution in [-0.4, -0.2) is 53.2 Å². The fourth-order valence-corrected chi connectivity index (χ4v) is 5.70. The van der Waals surface area contributed by atoms with Gasteiger partial charge in [0.25, 0.3) is 5.91 Å². The van der Waals surface area contributed by atoms with Crippen LogP contribution in [-0.2, 0) is 11.3 Å². The van der Waals surface area contributed by atoms with E-state index in [9.17, 15) is 9.90 Å². The zero-order valence-electron chi connectivity index (χ0n) is 24.6. The van der Waals surface area contributed by atoms with Crippen LogP contribution in [0, 0.1) is 0 Å². The maximum atomic E-state index is 13.0. The topological polar surface area (TPSA) is 83.9 Å². The monoisotopic (exact) mass is 587 g/mol. The van der Waals surface area contributed by atoms with Crippen molar-refractivity contribution in [3.05, 3.63) is 138 Å². The van der Waals surface area contributed by atoms with Crippen LogP contribution in [0.1, 0.15) is 46.1 Å². The van der Waals surface area contributed by atoms with Crippen molar-refractivity contribution in [2.45, 2.75) is 31.7 Å². The Balaban J connectivity index is 1.00. The third-order valence-electron chi connectivity index (χ3n) is 8.10. The molecule has 0 radical (unpaired) electrons. The molecular weight excluding hydrogens is 550 g/mol. The lowest BCUT2D eigenvalue weighted by molar-refractivity contribution is -0.0267. The van der Waals surface area contributed by atoms with Crippen molar-refractivity contribution in [1.29, 1.82) is 0 Å². The minimum atomic E-state index is -0.169. The Labute approximate surface area is 258 Å². The normalized spacial score (nSPS) is 14.1. The zero-order chi connectivity index (χ0) is 30.1. The number of ether oxygens (including phenoxy) is 2. The summed E-state index contributed by atoms with van der Waals surface area (Å²) in [6.07, 6.45) is 3.70. The van der Waals surface area contributed by atoms with Crippen molar-refractivity contribution in [2.75, 3.05) is 26.2 Å².